The standard InChI is InChI=1S/C17H27N3O2.ClH/c1-3-19-17(22)14-10-9-13(2)15(12-14)20-16(21)8-6-4-5-7-11-18;/h9-10,12H,3-8,11,18H2,1-2H3,(H,19,22)(H,20,21);1H. The van der Waals surface area contributed by atoms with Gasteiger partial charge in [0.25, 0.3) is 5.91 Å². The monoisotopic (exact) mass is 341 g/mol. The molecule has 1 rings (SSSR count). The third-order valence-corrected chi connectivity index (χ3v) is 3.47. The van der Waals surface area contributed by atoms with Gasteiger partial charge in [0, 0.05) is 24.2 Å². The van der Waals surface area contributed by atoms with Crippen molar-refractivity contribution in [1.29, 1.82) is 0 Å². The summed E-state index contributed by atoms with van der Waals surface area (Å²) in [7, 11) is 0. The van der Waals surface area contributed by atoms with E-state index < -0.39 is 0 Å². The molecular weight excluding hydrogens is 314 g/mol. The van der Waals surface area contributed by atoms with E-state index in [-0.39, 0.29) is 24.2 Å². The average molecular weight is 342 g/mol. The molecule has 5 nitrogen and oxygen atoms in total. The van der Waals surface area contributed by atoms with E-state index in [2.05, 4.69) is 10.6 Å². The Bertz CT molecular complexity index is 507. The number of amides is 2. The predicted octanol–water partition coefficient (Wildman–Crippen LogP) is 3.01. The van der Waals surface area contributed by atoms with E-state index in [1.165, 1.54) is 0 Å². The number of hydrogen-bond acceptors (Lipinski definition) is 3. The lowest BCUT2D eigenvalue weighted by atomic mass is 10.1. The minimum Gasteiger partial charge on any atom is -0.352 e. The third kappa shape index (κ3) is 8.00. The molecule has 0 aromatic heterocycles. The Kier molecular flexibility index (Phi) is 11.1. The van der Waals surface area contributed by atoms with Gasteiger partial charge >= 0.3 is 0 Å². The molecule has 0 atom stereocenters. The maximum atomic E-state index is 12.0. The van der Waals surface area contributed by atoms with Gasteiger partial charge < -0.3 is 16.4 Å². The Labute approximate surface area is 144 Å². The molecule has 130 valence electrons. The van der Waals surface area contributed by atoms with E-state index in [9.17, 15) is 9.59 Å². The van der Waals surface area contributed by atoms with E-state index in [1.807, 2.05) is 19.9 Å². The summed E-state index contributed by atoms with van der Waals surface area (Å²) in [6.45, 7) is 5.08. The van der Waals surface area contributed by atoms with Gasteiger partial charge in [0.05, 0.1) is 0 Å². The van der Waals surface area contributed by atoms with Crippen molar-refractivity contribution in [3.05, 3.63) is 29.3 Å². The fourth-order valence-corrected chi connectivity index (χ4v) is 2.16. The van der Waals surface area contributed by atoms with Gasteiger partial charge in [0.2, 0.25) is 5.91 Å². The van der Waals surface area contributed by atoms with Crippen molar-refractivity contribution in [2.24, 2.45) is 5.73 Å². The first-order chi connectivity index (χ1) is 10.6. The topological polar surface area (TPSA) is 84.2 Å². The molecule has 4 N–H and O–H groups in total. The fraction of sp³-hybridized carbons (Fsp3) is 0.529. The largest absolute Gasteiger partial charge is 0.352 e. The molecule has 1 aromatic rings. The number of nitrogens with two attached hydrogens (primary N) is 1. The third-order valence-electron chi connectivity index (χ3n) is 3.47. The van der Waals surface area contributed by atoms with E-state index in [4.69, 9.17) is 5.73 Å². The summed E-state index contributed by atoms with van der Waals surface area (Å²) >= 11 is 0. The van der Waals surface area contributed by atoms with Crippen LogP contribution in [0.5, 0.6) is 0 Å². The van der Waals surface area contributed by atoms with Crippen LogP contribution in [0.2, 0.25) is 0 Å². The quantitative estimate of drug-likeness (QED) is 0.603. The maximum Gasteiger partial charge on any atom is 0.251 e. The highest BCUT2D eigenvalue weighted by Crippen LogP contribution is 2.17. The number of benzene rings is 1. The van der Waals surface area contributed by atoms with Crippen molar-refractivity contribution in [2.75, 3.05) is 18.4 Å². The van der Waals surface area contributed by atoms with Gasteiger partial charge in [-0.05, 0) is 50.9 Å². The zero-order valence-corrected chi connectivity index (χ0v) is 14.8. The number of carbonyl (C=O) groups is 2. The molecule has 0 saturated heterocycles. The van der Waals surface area contributed by atoms with Crippen molar-refractivity contribution >= 4 is 29.9 Å². The van der Waals surface area contributed by atoms with Crippen molar-refractivity contribution in [3.63, 3.8) is 0 Å². The van der Waals surface area contributed by atoms with Crippen LogP contribution < -0.4 is 16.4 Å². The number of anilines is 1. The summed E-state index contributed by atoms with van der Waals surface area (Å²) in [6, 6.07) is 5.34. The molecule has 0 spiro atoms. The van der Waals surface area contributed by atoms with Crippen molar-refractivity contribution in [3.8, 4) is 0 Å². The predicted molar refractivity (Wildman–Crippen MR) is 97.2 cm³/mol. The number of hydrogen-bond donors (Lipinski definition) is 3. The highest BCUT2D eigenvalue weighted by atomic mass is 35.5. The van der Waals surface area contributed by atoms with Crippen LogP contribution in [0, 0.1) is 6.92 Å². The van der Waals surface area contributed by atoms with Gasteiger partial charge in [0.15, 0.2) is 0 Å². The Morgan fingerprint density at radius 1 is 1.13 bits per heavy atom. The molecule has 1 aromatic carbocycles. The van der Waals surface area contributed by atoms with Gasteiger partial charge in [-0.3, -0.25) is 9.59 Å². The second-order valence-corrected chi connectivity index (χ2v) is 5.39. The lowest BCUT2D eigenvalue weighted by Crippen LogP contribution is -2.23. The summed E-state index contributed by atoms with van der Waals surface area (Å²) in [6.07, 6.45) is 4.45. The van der Waals surface area contributed by atoms with Gasteiger partial charge in [-0.15, -0.1) is 12.4 Å². The summed E-state index contributed by atoms with van der Waals surface area (Å²) in [5, 5.41) is 5.65. The Morgan fingerprint density at radius 3 is 2.48 bits per heavy atom. The molecule has 0 heterocycles. The molecule has 0 fully saturated rings. The summed E-state index contributed by atoms with van der Waals surface area (Å²) < 4.78 is 0. The number of carbonyl (C=O) groups excluding carboxylic acids is 2. The van der Waals surface area contributed by atoms with Crippen molar-refractivity contribution in [1.82, 2.24) is 5.32 Å². The fourth-order valence-electron chi connectivity index (χ4n) is 2.16. The summed E-state index contributed by atoms with van der Waals surface area (Å²) in [5.41, 5.74) is 7.65. The van der Waals surface area contributed by atoms with E-state index in [0.717, 1.165) is 31.2 Å². The van der Waals surface area contributed by atoms with Crippen LogP contribution in [-0.2, 0) is 4.79 Å². The second kappa shape index (κ2) is 11.9. The normalized spacial score (nSPS) is 9.87. The molecule has 0 aliphatic rings. The van der Waals surface area contributed by atoms with E-state index in [1.54, 1.807) is 12.1 Å². The molecule has 0 aliphatic heterocycles. The zero-order valence-electron chi connectivity index (χ0n) is 14.0. The first kappa shape index (κ1) is 21.4. The molecule has 0 aliphatic carbocycles. The lowest BCUT2D eigenvalue weighted by Gasteiger charge is -2.10. The molecule has 0 saturated carbocycles. The second-order valence-electron chi connectivity index (χ2n) is 5.39. The number of halogens is 1. The van der Waals surface area contributed by atoms with E-state index >= 15 is 0 Å². The molecule has 23 heavy (non-hydrogen) atoms. The van der Waals surface area contributed by atoms with Crippen LogP contribution >= 0.6 is 12.4 Å². The Balaban J connectivity index is 0.00000484. The lowest BCUT2D eigenvalue weighted by molar-refractivity contribution is -0.116. The minimum absolute atomic E-state index is 0. The average Bonchev–Trinajstić information content (AvgIpc) is 2.49. The van der Waals surface area contributed by atoms with Crippen LogP contribution in [0.4, 0.5) is 5.69 Å². The Hall–Kier alpha value is -1.59. The first-order valence-corrected chi connectivity index (χ1v) is 7.97. The summed E-state index contributed by atoms with van der Waals surface area (Å²) in [5.74, 6) is -0.135. The summed E-state index contributed by atoms with van der Waals surface area (Å²) in [4.78, 5) is 23.8. The molecular formula is C17H28ClN3O2. The molecule has 0 radical (unpaired) electrons. The minimum atomic E-state index is -0.125. The van der Waals surface area contributed by atoms with Crippen LogP contribution in [-0.4, -0.2) is 24.9 Å². The first-order valence-electron chi connectivity index (χ1n) is 7.97. The van der Waals surface area contributed by atoms with Crippen LogP contribution in [0.15, 0.2) is 18.2 Å². The number of unbranched alkanes of at least 4 members (excludes halogenated alkanes) is 3. The Morgan fingerprint density at radius 2 is 1.83 bits per heavy atom. The van der Waals surface area contributed by atoms with Gasteiger partial charge in [-0.1, -0.05) is 18.9 Å². The van der Waals surface area contributed by atoms with Gasteiger partial charge in [-0.25, -0.2) is 0 Å². The van der Waals surface area contributed by atoms with Crippen molar-refractivity contribution < 1.29 is 9.59 Å². The molecule has 6 heteroatoms. The zero-order chi connectivity index (χ0) is 16.4. The molecule has 0 unspecified atom stereocenters. The van der Waals surface area contributed by atoms with Crippen molar-refractivity contribution in [2.45, 2.75) is 46.0 Å². The molecule has 2 amide bonds. The number of rotatable bonds is 9. The van der Waals surface area contributed by atoms with Gasteiger partial charge in [0.1, 0.15) is 0 Å². The van der Waals surface area contributed by atoms with E-state index in [0.29, 0.717) is 30.8 Å². The van der Waals surface area contributed by atoms with Crippen LogP contribution in [0.25, 0.3) is 0 Å². The highest BCUT2D eigenvalue weighted by molar-refractivity contribution is 5.97. The number of nitrogens with one attached hydrogen (secondary N) is 2. The maximum absolute atomic E-state index is 12.0. The van der Waals surface area contributed by atoms with Gasteiger partial charge in [-0.2, -0.15) is 0 Å². The van der Waals surface area contributed by atoms with Crippen LogP contribution in [0.1, 0.15) is 54.9 Å². The SMILES string of the molecule is CCNC(=O)c1ccc(C)c(NC(=O)CCCCCCN)c1.Cl. The smallest absolute Gasteiger partial charge is 0.251 e. The number of aryl methyl sites for hydroxylation is 1. The molecule has 0 bridgehead atoms. The van der Waals surface area contributed by atoms with Crippen LogP contribution in [0.3, 0.4) is 0 Å². The highest BCUT2D eigenvalue weighted by Gasteiger charge is 2.09.